The van der Waals surface area contributed by atoms with Crippen molar-refractivity contribution in [2.75, 3.05) is 11.9 Å². The van der Waals surface area contributed by atoms with Crippen molar-refractivity contribution in [2.45, 2.75) is 70.6 Å². The van der Waals surface area contributed by atoms with Crippen LogP contribution in [0.5, 0.6) is 0 Å². The van der Waals surface area contributed by atoms with Crippen LogP contribution in [0.25, 0.3) is 16.8 Å². The summed E-state index contributed by atoms with van der Waals surface area (Å²) in [5.74, 6) is -0.805. The Morgan fingerprint density at radius 2 is 1.79 bits per heavy atom. The van der Waals surface area contributed by atoms with Crippen molar-refractivity contribution in [1.29, 1.82) is 5.26 Å². The Bertz CT molecular complexity index is 1960. The number of hydrogen-bond acceptors (Lipinski definition) is 7. The molecule has 0 unspecified atom stereocenters. The second kappa shape index (κ2) is 16.4. The number of nitrogens with zero attached hydrogens (tertiary/aromatic N) is 3. The molecule has 1 heterocycles. The molecule has 2 N–H and O–H groups in total. The maximum Gasteiger partial charge on any atom is 0.421 e. The second-order valence-electron chi connectivity index (χ2n) is 11.0. The Labute approximate surface area is 284 Å². The van der Waals surface area contributed by atoms with Gasteiger partial charge >= 0.3 is 6.09 Å². The molecule has 0 radical (unpaired) electrons. The number of aryl methyl sites for hydroxylation is 1. The largest absolute Gasteiger partial charge is 0.449 e. The van der Waals surface area contributed by atoms with Gasteiger partial charge in [-0.05, 0) is 60.7 Å². The fraction of sp³-hybridized carbons (Fsp3) is 0.314. The van der Waals surface area contributed by atoms with Crippen molar-refractivity contribution in [3.63, 3.8) is 0 Å². The SMILES string of the molecule is CCCCOC(=O)NS(=O)(=O)c1ccccc1-c1ccc(Cc2c(CCCC)nn(-c3cc(NC(=O)CC)ccc3Cl)c2C#N)c(F)c1. The summed E-state index contributed by atoms with van der Waals surface area (Å²) in [5, 5.41) is 18.1. The number of carbonyl (C=O) groups is 2. The Morgan fingerprint density at radius 3 is 2.48 bits per heavy atom. The van der Waals surface area contributed by atoms with Crippen LogP contribution in [0.3, 0.4) is 0 Å². The lowest BCUT2D eigenvalue weighted by Crippen LogP contribution is -2.31. The average molecular weight is 694 g/mol. The van der Waals surface area contributed by atoms with E-state index >= 15 is 4.39 Å². The predicted molar refractivity (Wildman–Crippen MR) is 182 cm³/mol. The summed E-state index contributed by atoms with van der Waals surface area (Å²) in [6.45, 7) is 5.75. The summed E-state index contributed by atoms with van der Waals surface area (Å²) in [7, 11) is -4.34. The number of hydrogen-bond donors (Lipinski definition) is 2. The van der Waals surface area contributed by atoms with Crippen LogP contribution in [0.2, 0.25) is 5.02 Å². The predicted octanol–water partition coefficient (Wildman–Crippen LogP) is 7.70. The van der Waals surface area contributed by atoms with E-state index in [-0.39, 0.29) is 52.6 Å². The van der Waals surface area contributed by atoms with Crippen molar-refractivity contribution in [2.24, 2.45) is 0 Å². The molecular formula is C35H37ClFN5O5S. The minimum Gasteiger partial charge on any atom is -0.449 e. The third kappa shape index (κ3) is 8.59. The Kier molecular flexibility index (Phi) is 12.3. The lowest BCUT2D eigenvalue weighted by atomic mass is 9.97. The lowest BCUT2D eigenvalue weighted by Gasteiger charge is -2.13. The van der Waals surface area contributed by atoms with Gasteiger partial charge in [-0.2, -0.15) is 10.4 Å². The molecule has 252 valence electrons. The Balaban J connectivity index is 1.70. The van der Waals surface area contributed by atoms with Gasteiger partial charge in [-0.25, -0.2) is 27.0 Å². The van der Waals surface area contributed by atoms with E-state index < -0.39 is 21.9 Å². The van der Waals surface area contributed by atoms with Crippen LogP contribution in [-0.2, 0) is 32.4 Å². The van der Waals surface area contributed by atoms with Gasteiger partial charge in [-0.3, -0.25) is 4.79 Å². The van der Waals surface area contributed by atoms with Gasteiger partial charge in [-0.1, -0.05) is 75.5 Å². The number of benzene rings is 3. The lowest BCUT2D eigenvalue weighted by molar-refractivity contribution is -0.115. The number of aromatic nitrogens is 2. The topological polar surface area (TPSA) is 143 Å². The van der Waals surface area contributed by atoms with E-state index in [2.05, 4.69) is 11.4 Å². The first-order chi connectivity index (χ1) is 23.0. The van der Waals surface area contributed by atoms with E-state index in [1.54, 1.807) is 37.3 Å². The first-order valence-electron chi connectivity index (χ1n) is 15.7. The summed E-state index contributed by atoms with van der Waals surface area (Å²) in [6, 6.07) is 17.4. The van der Waals surface area contributed by atoms with Crippen LogP contribution >= 0.6 is 11.6 Å². The molecule has 13 heteroatoms. The molecular weight excluding hydrogens is 657 g/mol. The van der Waals surface area contributed by atoms with E-state index in [4.69, 9.17) is 21.4 Å². The molecule has 0 aliphatic carbocycles. The molecule has 0 saturated heterocycles. The highest BCUT2D eigenvalue weighted by atomic mass is 35.5. The van der Waals surface area contributed by atoms with Crippen molar-refractivity contribution in [1.82, 2.24) is 14.5 Å². The Hall–Kier alpha value is -4.73. The van der Waals surface area contributed by atoms with Gasteiger partial charge in [0.1, 0.15) is 17.6 Å². The van der Waals surface area contributed by atoms with Crippen LogP contribution < -0.4 is 10.0 Å². The summed E-state index contributed by atoms with van der Waals surface area (Å²) >= 11 is 6.54. The number of carbonyl (C=O) groups excluding carboxylic acids is 2. The van der Waals surface area contributed by atoms with Gasteiger partial charge in [0.05, 0.1) is 27.9 Å². The first kappa shape index (κ1) is 36.1. The minimum absolute atomic E-state index is 0.0308. The molecule has 0 atom stereocenters. The van der Waals surface area contributed by atoms with Gasteiger partial charge < -0.3 is 10.1 Å². The summed E-state index contributed by atoms with van der Waals surface area (Å²) in [4.78, 5) is 23.9. The molecule has 1 aromatic heterocycles. The summed E-state index contributed by atoms with van der Waals surface area (Å²) in [6.07, 6.45) is 2.76. The number of nitriles is 1. The molecule has 0 bridgehead atoms. The molecule has 0 spiro atoms. The van der Waals surface area contributed by atoms with Gasteiger partial charge in [0.2, 0.25) is 5.91 Å². The van der Waals surface area contributed by atoms with E-state index in [0.29, 0.717) is 40.5 Å². The van der Waals surface area contributed by atoms with E-state index in [9.17, 15) is 23.3 Å². The molecule has 4 rings (SSSR count). The zero-order chi connectivity index (χ0) is 34.8. The second-order valence-corrected chi connectivity index (χ2v) is 13.1. The maximum atomic E-state index is 15.8. The van der Waals surface area contributed by atoms with Crippen molar-refractivity contribution < 1.29 is 27.1 Å². The highest BCUT2D eigenvalue weighted by Gasteiger charge is 2.25. The molecule has 48 heavy (non-hydrogen) atoms. The van der Waals surface area contributed by atoms with Crippen LogP contribution in [0.4, 0.5) is 14.9 Å². The van der Waals surface area contributed by atoms with Crippen LogP contribution in [0, 0.1) is 17.1 Å². The standard InChI is InChI=1S/C35H37ClFN5O5S/c1-4-7-12-30-27(32(22-38)42(40-30)31-21-25(16-17-28(31)36)39-34(43)6-3)19-24-15-14-23(20-29(24)37)26-11-9-10-13-33(26)48(45,46)41-35(44)47-18-8-5-2/h9-11,13-17,20-21H,4-8,12,18-19H2,1-3H3,(H,39,43)(H,41,44). The first-order valence-corrected chi connectivity index (χ1v) is 17.6. The summed E-state index contributed by atoms with van der Waals surface area (Å²) < 4.78 is 50.4. The monoisotopic (exact) mass is 693 g/mol. The molecule has 4 aromatic rings. The molecule has 0 saturated carbocycles. The molecule has 0 aliphatic heterocycles. The number of amides is 2. The average Bonchev–Trinajstić information content (AvgIpc) is 3.41. The van der Waals surface area contributed by atoms with Gasteiger partial charge in [0, 0.05) is 29.7 Å². The van der Waals surface area contributed by atoms with Gasteiger partial charge in [0.15, 0.2) is 0 Å². The number of unbranched alkanes of at least 4 members (excludes halogenated alkanes) is 2. The molecule has 0 aliphatic rings. The number of rotatable bonds is 14. The zero-order valence-corrected chi connectivity index (χ0v) is 28.5. The van der Waals surface area contributed by atoms with E-state index in [1.807, 2.05) is 18.6 Å². The van der Waals surface area contributed by atoms with Crippen LogP contribution in [0.1, 0.15) is 75.4 Å². The quantitative estimate of drug-likeness (QED) is 0.129. The molecule has 0 fully saturated rings. The molecule has 3 aromatic carbocycles. The zero-order valence-electron chi connectivity index (χ0n) is 27.0. The van der Waals surface area contributed by atoms with E-state index in [1.165, 1.54) is 35.0 Å². The number of nitrogens with one attached hydrogen (secondary N) is 2. The van der Waals surface area contributed by atoms with Crippen LogP contribution in [-0.4, -0.2) is 36.8 Å². The summed E-state index contributed by atoms with van der Waals surface area (Å²) in [5.41, 5.74) is 2.94. The van der Waals surface area contributed by atoms with Crippen molar-refractivity contribution >= 4 is 39.3 Å². The Morgan fingerprint density at radius 1 is 1.04 bits per heavy atom. The minimum atomic E-state index is -4.34. The third-order valence-electron chi connectivity index (χ3n) is 7.58. The maximum absolute atomic E-state index is 15.8. The molecule has 2 amide bonds. The van der Waals surface area contributed by atoms with Gasteiger partial charge in [-0.15, -0.1) is 0 Å². The number of anilines is 1. The molecule has 10 nitrogen and oxygen atoms in total. The van der Waals surface area contributed by atoms with Crippen LogP contribution in [0.15, 0.2) is 65.6 Å². The fourth-order valence-corrected chi connectivity index (χ4v) is 6.33. The van der Waals surface area contributed by atoms with Gasteiger partial charge in [0.25, 0.3) is 10.0 Å². The highest BCUT2D eigenvalue weighted by molar-refractivity contribution is 7.90. The normalized spacial score (nSPS) is 11.2. The third-order valence-corrected chi connectivity index (χ3v) is 9.27. The van der Waals surface area contributed by atoms with Crippen molar-refractivity contribution in [3.8, 4) is 22.9 Å². The van der Waals surface area contributed by atoms with Crippen molar-refractivity contribution in [3.05, 3.63) is 94.0 Å². The smallest absolute Gasteiger partial charge is 0.421 e. The number of ether oxygens (including phenoxy) is 1. The number of sulfonamides is 1. The van der Waals surface area contributed by atoms with E-state index in [0.717, 1.165) is 19.3 Å². The number of halogens is 2. The fourth-order valence-electron chi connectivity index (χ4n) is 5.01. The highest BCUT2D eigenvalue weighted by Crippen LogP contribution is 2.32.